The quantitative estimate of drug-likeness (QED) is 0.855. The Morgan fingerprint density at radius 1 is 1.52 bits per heavy atom. The zero-order valence-corrected chi connectivity index (χ0v) is 13.6. The molecule has 0 unspecified atom stereocenters. The van der Waals surface area contributed by atoms with Crippen molar-refractivity contribution in [3.05, 3.63) is 34.0 Å². The molecular weight excluding hydrogens is 284 g/mol. The molecule has 2 aromatic heterocycles. The fourth-order valence-corrected chi connectivity index (χ4v) is 3.24. The lowest BCUT2D eigenvalue weighted by molar-refractivity contribution is -0.121. The van der Waals surface area contributed by atoms with Gasteiger partial charge in [-0.05, 0) is 32.8 Å². The number of aromatic nitrogens is 3. The Morgan fingerprint density at radius 3 is 3.00 bits per heavy atom. The van der Waals surface area contributed by atoms with E-state index in [9.17, 15) is 4.79 Å². The van der Waals surface area contributed by atoms with Crippen LogP contribution in [0.3, 0.4) is 0 Å². The Morgan fingerprint density at radius 2 is 2.33 bits per heavy atom. The van der Waals surface area contributed by atoms with Crippen molar-refractivity contribution in [3.63, 3.8) is 0 Å². The van der Waals surface area contributed by atoms with Gasteiger partial charge in [0.2, 0.25) is 5.91 Å². The minimum Gasteiger partial charge on any atom is -0.351 e. The van der Waals surface area contributed by atoms with Gasteiger partial charge in [0.05, 0.1) is 23.3 Å². The molecule has 2 heterocycles. The van der Waals surface area contributed by atoms with E-state index < -0.39 is 0 Å². The van der Waals surface area contributed by atoms with Crippen molar-refractivity contribution in [2.75, 3.05) is 0 Å². The van der Waals surface area contributed by atoms with Crippen molar-refractivity contribution in [3.8, 4) is 0 Å². The van der Waals surface area contributed by atoms with Gasteiger partial charge in [0, 0.05) is 23.7 Å². The van der Waals surface area contributed by atoms with Crippen LogP contribution in [0.4, 0.5) is 0 Å². The van der Waals surface area contributed by atoms with Crippen molar-refractivity contribution in [2.45, 2.75) is 52.6 Å². The molecule has 5 nitrogen and oxygen atoms in total. The number of carbonyl (C=O) groups is 1. The number of hydrogen-bond acceptors (Lipinski definition) is 4. The number of nitrogens with zero attached hydrogens (tertiary/aromatic N) is 3. The summed E-state index contributed by atoms with van der Waals surface area (Å²) in [6, 6.07) is 1.93. The highest BCUT2D eigenvalue weighted by molar-refractivity contribution is 7.11. The topological polar surface area (TPSA) is 59.8 Å². The Balaban J connectivity index is 1.83. The van der Waals surface area contributed by atoms with Gasteiger partial charge in [-0.2, -0.15) is 5.10 Å². The zero-order valence-electron chi connectivity index (χ0n) is 12.8. The van der Waals surface area contributed by atoms with Gasteiger partial charge in [-0.15, -0.1) is 11.3 Å². The van der Waals surface area contributed by atoms with Crippen molar-refractivity contribution in [2.24, 2.45) is 0 Å². The van der Waals surface area contributed by atoms with Crippen LogP contribution in [0.15, 0.2) is 18.5 Å². The summed E-state index contributed by atoms with van der Waals surface area (Å²) in [4.78, 5) is 17.7. The Labute approximate surface area is 129 Å². The Kier molecular flexibility index (Phi) is 5.50. The number of carbonyl (C=O) groups excluding carboxylic acids is 1. The minimum absolute atomic E-state index is 0.0443. The summed E-state index contributed by atoms with van der Waals surface area (Å²) in [6.45, 7) is 6.71. The second-order valence-electron chi connectivity index (χ2n) is 5.18. The van der Waals surface area contributed by atoms with E-state index in [1.165, 1.54) is 0 Å². The molecule has 0 aliphatic rings. The average Bonchev–Trinajstić information content (AvgIpc) is 3.07. The normalized spacial score (nSPS) is 12.3. The smallest absolute Gasteiger partial charge is 0.222 e. The molecule has 21 heavy (non-hydrogen) atoms. The third-order valence-electron chi connectivity index (χ3n) is 3.30. The van der Waals surface area contributed by atoms with Gasteiger partial charge in [0.25, 0.3) is 0 Å². The lowest BCUT2D eigenvalue weighted by atomic mass is 10.2. The van der Waals surface area contributed by atoms with E-state index in [2.05, 4.69) is 22.3 Å². The summed E-state index contributed by atoms with van der Waals surface area (Å²) in [5.41, 5.74) is 1.03. The third-order valence-corrected chi connectivity index (χ3v) is 4.52. The molecule has 114 valence electrons. The standard InChI is InChI=1S/C15H22N4OS/c1-4-6-15-18-12(3)13(21-15)10-16-14(20)9-11(2)19-8-5-7-17-19/h5,7-8,11H,4,6,9-10H2,1-3H3,(H,16,20)/t11-/m1/s1. The average molecular weight is 306 g/mol. The first kappa shape index (κ1) is 15.7. The molecule has 0 aromatic carbocycles. The van der Waals surface area contributed by atoms with Crippen LogP contribution in [-0.4, -0.2) is 20.7 Å². The SMILES string of the molecule is CCCc1nc(C)c(CNC(=O)C[C@@H](C)n2cccn2)s1. The van der Waals surface area contributed by atoms with Gasteiger partial charge in [-0.1, -0.05) is 6.92 Å². The van der Waals surface area contributed by atoms with Crippen LogP contribution >= 0.6 is 11.3 Å². The van der Waals surface area contributed by atoms with Crippen molar-refractivity contribution in [1.29, 1.82) is 0 Å². The van der Waals surface area contributed by atoms with Crippen LogP contribution in [0.2, 0.25) is 0 Å². The molecular formula is C15H22N4OS. The van der Waals surface area contributed by atoms with E-state index >= 15 is 0 Å². The predicted molar refractivity (Wildman–Crippen MR) is 84.2 cm³/mol. The first-order valence-electron chi connectivity index (χ1n) is 7.31. The third kappa shape index (κ3) is 4.39. The molecule has 1 amide bonds. The number of nitrogens with one attached hydrogen (secondary N) is 1. The number of thiazole rings is 1. The minimum atomic E-state index is 0.0443. The van der Waals surface area contributed by atoms with Gasteiger partial charge in [-0.25, -0.2) is 4.98 Å². The van der Waals surface area contributed by atoms with Crippen molar-refractivity contribution >= 4 is 17.2 Å². The van der Waals surface area contributed by atoms with E-state index in [0.29, 0.717) is 13.0 Å². The van der Waals surface area contributed by atoms with Crippen LogP contribution in [0.5, 0.6) is 0 Å². The number of hydrogen-bond donors (Lipinski definition) is 1. The van der Waals surface area contributed by atoms with Gasteiger partial charge < -0.3 is 5.32 Å². The summed E-state index contributed by atoms with van der Waals surface area (Å²) in [6.07, 6.45) is 6.14. The van der Waals surface area contributed by atoms with Crippen LogP contribution < -0.4 is 5.32 Å². The van der Waals surface area contributed by atoms with E-state index in [0.717, 1.165) is 28.4 Å². The summed E-state index contributed by atoms with van der Waals surface area (Å²) < 4.78 is 1.80. The monoisotopic (exact) mass is 306 g/mol. The van der Waals surface area contributed by atoms with Crippen molar-refractivity contribution < 1.29 is 4.79 Å². The van der Waals surface area contributed by atoms with Crippen LogP contribution in [-0.2, 0) is 17.8 Å². The maximum Gasteiger partial charge on any atom is 0.222 e. The summed E-state index contributed by atoms with van der Waals surface area (Å²) in [5.74, 6) is 0.0443. The van der Waals surface area contributed by atoms with Crippen LogP contribution in [0.25, 0.3) is 0 Å². The molecule has 2 aromatic rings. The second kappa shape index (κ2) is 7.36. The molecule has 6 heteroatoms. The molecule has 0 saturated carbocycles. The van der Waals surface area contributed by atoms with Crippen molar-refractivity contribution in [1.82, 2.24) is 20.1 Å². The zero-order chi connectivity index (χ0) is 15.2. The van der Waals surface area contributed by atoms with E-state index in [-0.39, 0.29) is 11.9 Å². The molecule has 0 fully saturated rings. The fourth-order valence-electron chi connectivity index (χ4n) is 2.13. The lowest BCUT2D eigenvalue weighted by Gasteiger charge is -2.11. The van der Waals surface area contributed by atoms with Crippen LogP contribution in [0, 0.1) is 6.92 Å². The molecule has 0 spiro atoms. The maximum absolute atomic E-state index is 12.0. The van der Waals surface area contributed by atoms with E-state index in [1.807, 2.05) is 26.1 Å². The fraction of sp³-hybridized carbons (Fsp3) is 0.533. The van der Waals surface area contributed by atoms with E-state index in [4.69, 9.17) is 0 Å². The molecule has 0 saturated heterocycles. The lowest BCUT2D eigenvalue weighted by Crippen LogP contribution is -2.25. The molecule has 1 N–H and O–H groups in total. The summed E-state index contributed by atoms with van der Waals surface area (Å²) in [5, 5.41) is 8.29. The molecule has 1 atom stereocenters. The highest BCUT2D eigenvalue weighted by Crippen LogP contribution is 2.19. The number of rotatable bonds is 7. The highest BCUT2D eigenvalue weighted by atomic mass is 32.1. The molecule has 0 aliphatic heterocycles. The maximum atomic E-state index is 12.0. The number of amides is 1. The van der Waals surface area contributed by atoms with E-state index in [1.54, 1.807) is 22.2 Å². The van der Waals surface area contributed by atoms with Gasteiger partial charge in [0.1, 0.15) is 0 Å². The second-order valence-corrected chi connectivity index (χ2v) is 6.35. The molecule has 0 bridgehead atoms. The van der Waals surface area contributed by atoms with Gasteiger partial charge >= 0.3 is 0 Å². The predicted octanol–water partition coefficient (Wildman–Crippen LogP) is 2.87. The molecule has 2 rings (SSSR count). The first-order chi connectivity index (χ1) is 10.1. The van der Waals surface area contributed by atoms with Gasteiger partial charge in [0.15, 0.2) is 0 Å². The molecule has 0 radical (unpaired) electrons. The summed E-state index contributed by atoms with van der Waals surface area (Å²) >= 11 is 1.70. The number of aryl methyl sites for hydroxylation is 2. The molecule has 0 aliphatic carbocycles. The Hall–Kier alpha value is -1.69. The van der Waals surface area contributed by atoms with Gasteiger partial charge in [-0.3, -0.25) is 9.48 Å². The Bertz CT molecular complexity index is 577. The van der Waals surface area contributed by atoms with Crippen LogP contribution in [0.1, 0.15) is 48.3 Å². The highest BCUT2D eigenvalue weighted by Gasteiger charge is 2.12. The largest absolute Gasteiger partial charge is 0.351 e. The summed E-state index contributed by atoms with van der Waals surface area (Å²) in [7, 11) is 0. The first-order valence-corrected chi connectivity index (χ1v) is 8.12.